The summed E-state index contributed by atoms with van der Waals surface area (Å²) in [4.78, 5) is 0.220. The quantitative estimate of drug-likeness (QED) is 0.843. The zero-order chi connectivity index (χ0) is 14.7. The van der Waals surface area contributed by atoms with Crippen LogP contribution in [0.5, 0.6) is 0 Å². The van der Waals surface area contributed by atoms with Crippen LogP contribution in [0.4, 0.5) is 0 Å². The number of sulfone groups is 1. The van der Waals surface area contributed by atoms with Crippen molar-refractivity contribution in [1.82, 2.24) is 5.32 Å². The van der Waals surface area contributed by atoms with Gasteiger partial charge in [-0.15, -0.1) is 0 Å². The molecule has 0 spiro atoms. The van der Waals surface area contributed by atoms with E-state index in [2.05, 4.69) is 5.32 Å². The van der Waals surface area contributed by atoms with E-state index in [4.69, 9.17) is 23.2 Å². The molecule has 1 aromatic rings. The first-order chi connectivity index (χ1) is 8.62. The maximum atomic E-state index is 12.1. The van der Waals surface area contributed by atoms with Crippen molar-refractivity contribution in [2.24, 2.45) is 0 Å². The van der Waals surface area contributed by atoms with E-state index in [1.807, 2.05) is 20.8 Å². The number of hydrogen-bond acceptors (Lipinski definition) is 3. The van der Waals surface area contributed by atoms with Crippen LogP contribution in [-0.4, -0.2) is 26.3 Å². The van der Waals surface area contributed by atoms with E-state index >= 15 is 0 Å². The van der Waals surface area contributed by atoms with Gasteiger partial charge in [-0.05, 0) is 51.9 Å². The van der Waals surface area contributed by atoms with Gasteiger partial charge in [-0.2, -0.15) is 0 Å². The molecular formula is C13H19Cl2NO2S. The van der Waals surface area contributed by atoms with Gasteiger partial charge in [-0.3, -0.25) is 0 Å². The summed E-state index contributed by atoms with van der Waals surface area (Å²) < 4.78 is 24.2. The summed E-state index contributed by atoms with van der Waals surface area (Å²) in [5, 5.41) is 3.87. The molecule has 0 fully saturated rings. The van der Waals surface area contributed by atoms with E-state index in [9.17, 15) is 8.42 Å². The summed E-state index contributed by atoms with van der Waals surface area (Å²) in [6, 6.07) is 4.39. The zero-order valence-corrected chi connectivity index (χ0v) is 13.7. The van der Waals surface area contributed by atoms with Crippen LogP contribution in [0.15, 0.2) is 23.1 Å². The molecule has 0 bridgehead atoms. The Labute approximate surface area is 125 Å². The van der Waals surface area contributed by atoms with Crippen LogP contribution in [0.1, 0.15) is 27.2 Å². The molecule has 6 heteroatoms. The highest BCUT2D eigenvalue weighted by molar-refractivity contribution is 7.91. The van der Waals surface area contributed by atoms with Crippen LogP contribution in [0.25, 0.3) is 0 Å². The smallest absolute Gasteiger partial charge is 0.178 e. The predicted octanol–water partition coefficient (Wildman–Crippen LogP) is 3.55. The second-order valence-corrected chi connectivity index (χ2v) is 8.35. The molecule has 0 saturated carbocycles. The van der Waals surface area contributed by atoms with Gasteiger partial charge in [0.15, 0.2) is 9.84 Å². The molecule has 0 heterocycles. The van der Waals surface area contributed by atoms with Crippen LogP contribution in [-0.2, 0) is 9.84 Å². The standard InChI is InChI=1S/C13H19Cl2NO2S/c1-13(2,3)16-7-4-8-19(17,18)10-5-6-11(14)12(15)9-10/h5-6,9,16H,4,7-8H2,1-3H3. The number of halogens is 2. The molecule has 0 aliphatic carbocycles. The van der Waals surface area contributed by atoms with Gasteiger partial charge in [0.25, 0.3) is 0 Å². The largest absolute Gasteiger partial charge is 0.312 e. The van der Waals surface area contributed by atoms with Gasteiger partial charge in [0.1, 0.15) is 0 Å². The third-order valence-corrected chi connectivity index (χ3v) is 5.03. The Morgan fingerprint density at radius 2 is 1.79 bits per heavy atom. The zero-order valence-electron chi connectivity index (χ0n) is 11.3. The number of rotatable bonds is 5. The normalized spacial score (nSPS) is 12.7. The van der Waals surface area contributed by atoms with Gasteiger partial charge in [-0.1, -0.05) is 23.2 Å². The summed E-state index contributed by atoms with van der Waals surface area (Å²) >= 11 is 11.6. The molecule has 0 saturated heterocycles. The molecule has 1 N–H and O–H groups in total. The molecule has 0 aliphatic rings. The Bertz CT molecular complexity index is 536. The van der Waals surface area contributed by atoms with E-state index in [1.54, 1.807) is 0 Å². The first-order valence-corrected chi connectivity index (χ1v) is 8.45. The Morgan fingerprint density at radius 1 is 1.16 bits per heavy atom. The lowest BCUT2D eigenvalue weighted by molar-refractivity contribution is 0.426. The van der Waals surface area contributed by atoms with Crippen molar-refractivity contribution in [3.05, 3.63) is 28.2 Å². The first-order valence-electron chi connectivity index (χ1n) is 6.05. The minimum Gasteiger partial charge on any atom is -0.312 e. The molecule has 0 amide bonds. The third-order valence-electron chi connectivity index (χ3n) is 2.50. The first kappa shape index (κ1) is 16.8. The van der Waals surface area contributed by atoms with Crippen LogP contribution in [0, 0.1) is 0 Å². The summed E-state index contributed by atoms with van der Waals surface area (Å²) in [5.41, 5.74) is -0.00660. The van der Waals surface area contributed by atoms with E-state index < -0.39 is 9.84 Å². The average molecular weight is 324 g/mol. The van der Waals surface area contributed by atoms with E-state index in [0.717, 1.165) is 0 Å². The topological polar surface area (TPSA) is 46.2 Å². The minimum atomic E-state index is -3.30. The maximum absolute atomic E-state index is 12.1. The molecular weight excluding hydrogens is 305 g/mol. The summed E-state index contributed by atoms with van der Waals surface area (Å²) in [6.45, 7) is 6.78. The fourth-order valence-corrected chi connectivity index (χ4v) is 3.21. The van der Waals surface area contributed by atoms with Crippen LogP contribution < -0.4 is 5.32 Å². The summed E-state index contributed by atoms with van der Waals surface area (Å²) in [6.07, 6.45) is 0.555. The highest BCUT2D eigenvalue weighted by Crippen LogP contribution is 2.25. The second-order valence-electron chi connectivity index (χ2n) is 5.43. The van der Waals surface area contributed by atoms with E-state index in [1.165, 1.54) is 18.2 Å². The fourth-order valence-electron chi connectivity index (χ4n) is 1.51. The van der Waals surface area contributed by atoms with Crippen molar-refractivity contribution in [3.63, 3.8) is 0 Å². The van der Waals surface area contributed by atoms with Crippen molar-refractivity contribution in [1.29, 1.82) is 0 Å². The minimum absolute atomic E-state index is 0.00660. The third kappa shape index (κ3) is 5.69. The molecule has 1 aromatic carbocycles. The number of hydrogen-bond donors (Lipinski definition) is 1. The molecule has 1 rings (SSSR count). The second kappa shape index (κ2) is 6.44. The highest BCUT2D eigenvalue weighted by atomic mass is 35.5. The van der Waals surface area contributed by atoms with Crippen molar-refractivity contribution >= 4 is 33.0 Å². The van der Waals surface area contributed by atoms with Crippen LogP contribution in [0.2, 0.25) is 10.0 Å². The van der Waals surface area contributed by atoms with Gasteiger partial charge in [0.05, 0.1) is 20.7 Å². The SMILES string of the molecule is CC(C)(C)NCCCS(=O)(=O)c1ccc(Cl)c(Cl)c1. The lowest BCUT2D eigenvalue weighted by Crippen LogP contribution is -2.36. The molecule has 0 atom stereocenters. The van der Waals surface area contributed by atoms with Crippen molar-refractivity contribution in [2.45, 2.75) is 37.6 Å². The molecule has 0 radical (unpaired) electrons. The van der Waals surface area contributed by atoms with Crippen LogP contribution >= 0.6 is 23.2 Å². The van der Waals surface area contributed by atoms with Crippen LogP contribution in [0.3, 0.4) is 0 Å². The number of nitrogens with one attached hydrogen (secondary N) is 1. The van der Waals surface area contributed by atoms with Gasteiger partial charge in [0.2, 0.25) is 0 Å². The summed E-state index contributed by atoms with van der Waals surface area (Å²) in [7, 11) is -3.30. The maximum Gasteiger partial charge on any atom is 0.178 e. The van der Waals surface area contributed by atoms with Crippen molar-refractivity contribution in [2.75, 3.05) is 12.3 Å². The van der Waals surface area contributed by atoms with Gasteiger partial charge in [0, 0.05) is 5.54 Å². The van der Waals surface area contributed by atoms with Gasteiger partial charge < -0.3 is 5.32 Å². The molecule has 3 nitrogen and oxygen atoms in total. The monoisotopic (exact) mass is 323 g/mol. The van der Waals surface area contributed by atoms with E-state index in [0.29, 0.717) is 18.0 Å². The van der Waals surface area contributed by atoms with Crippen molar-refractivity contribution in [3.8, 4) is 0 Å². The Kier molecular flexibility index (Phi) is 5.68. The Hall–Kier alpha value is -0.290. The fraction of sp³-hybridized carbons (Fsp3) is 0.538. The molecule has 0 aliphatic heterocycles. The van der Waals surface area contributed by atoms with Crippen molar-refractivity contribution < 1.29 is 8.42 Å². The lowest BCUT2D eigenvalue weighted by atomic mass is 10.1. The van der Waals surface area contributed by atoms with Gasteiger partial charge in [-0.25, -0.2) is 8.42 Å². The van der Waals surface area contributed by atoms with E-state index in [-0.39, 0.29) is 21.2 Å². The highest BCUT2D eigenvalue weighted by Gasteiger charge is 2.16. The number of benzene rings is 1. The Morgan fingerprint density at radius 3 is 2.32 bits per heavy atom. The Balaban J connectivity index is 2.63. The summed E-state index contributed by atoms with van der Waals surface area (Å²) in [5.74, 6) is 0.0913. The molecule has 0 aromatic heterocycles. The van der Waals surface area contributed by atoms with Gasteiger partial charge >= 0.3 is 0 Å². The predicted molar refractivity (Wildman–Crippen MR) is 80.9 cm³/mol. The molecule has 108 valence electrons. The molecule has 19 heavy (non-hydrogen) atoms. The lowest BCUT2D eigenvalue weighted by Gasteiger charge is -2.20. The molecule has 0 unspecified atom stereocenters. The average Bonchev–Trinajstić information content (AvgIpc) is 2.27.